The first-order valence-corrected chi connectivity index (χ1v) is 8.70. The third kappa shape index (κ3) is 2.30. The smallest absolute Gasteiger partial charge is 0.0969 e. The third-order valence-electron chi connectivity index (χ3n) is 4.74. The highest BCUT2D eigenvalue weighted by molar-refractivity contribution is 6.30. The second-order valence-electron chi connectivity index (χ2n) is 6.26. The van der Waals surface area contributed by atoms with Crippen LogP contribution in [0, 0.1) is 0 Å². The van der Waals surface area contributed by atoms with E-state index in [1.165, 1.54) is 22.4 Å². The molecule has 0 bridgehead atoms. The lowest BCUT2D eigenvalue weighted by atomic mass is 10.1. The quantitative estimate of drug-likeness (QED) is 0.398. The van der Waals surface area contributed by atoms with Gasteiger partial charge in [-0.1, -0.05) is 66.2 Å². The molecule has 0 aliphatic heterocycles. The monoisotopic (exact) mass is 342 g/mol. The van der Waals surface area contributed by atoms with Crippen molar-refractivity contribution >= 4 is 11.6 Å². The van der Waals surface area contributed by atoms with Crippen LogP contribution in [0.4, 0.5) is 0 Å². The van der Waals surface area contributed by atoms with Gasteiger partial charge in [0.25, 0.3) is 0 Å². The van der Waals surface area contributed by atoms with Gasteiger partial charge in [-0.3, -0.25) is 0 Å². The molecule has 0 unspecified atom stereocenters. The maximum absolute atomic E-state index is 6.06. The molecular weight excluding hydrogens is 328 g/mol. The van der Waals surface area contributed by atoms with Crippen LogP contribution in [0.25, 0.3) is 28.2 Å². The summed E-state index contributed by atoms with van der Waals surface area (Å²) < 4.78 is 2.07. The fourth-order valence-electron chi connectivity index (χ4n) is 3.59. The molecule has 5 rings (SSSR count). The van der Waals surface area contributed by atoms with Crippen LogP contribution in [-0.2, 0) is 6.42 Å². The van der Waals surface area contributed by atoms with E-state index in [0.717, 1.165) is 28.4 Å². The maximum Gasteiger partial charge on any atom is 0.0969 e. The average molecular weight is 343 g/mol. The molecule has 25 heavy (non-hydrogen) atoms. The van der Waals surface area contributed by atoms with Gasteiger partial charge in [-0.05, 0) is 29.8 Å². The molecule has 4 aromatic rings. The van der Waals surface area contributed by atoms with Crippen molar-refractivity contribution in [3.63, 3.8) is 0 Å². The van der Waals surface area contributed by atoms with Crippen LogP contribution in [0.1, 0.15) is 11.1 Å². The Morgan fingerprint density at radius 1 is 0.800 bits per heavy atom. The van der Waals surface area contributed by atoms with Crippen molar-refractivity contribution in [3.05, 3.63) is 95.0 Å². The molecule has 0 fully saturated rings. The summed E-state index contributed by atoms with van der Waals surface area (Å²) in [5.41, 5.74) is 8.33. The molecule has 3 heteroatoms. The SMILES string of the molecule is Clc1ccc(-c2nn(-c3ccccc3)c3c2Cc2ccccc2-3)cc1. The molecule has 0 atom stereocenters. The van der Waals surface area contributed by atoms with E-state index in [0.29, 0.717) is 0 Å². The molecule has 120 valence electrons. The average Bonchev–Trinajstić information content (AvgIpc) is 3.21. The van der Waals surface area contributed by atoms with Crippen LogP contribution in [0.2, 0.25) is 5.02 Å². The molecule has 0 radical (unpaired) electrons. The molecule has 0 N–H and O–H groups in total. The van der Waals surface area contributed by atoms with Gasteiger partial charge in [0.15, 0.2) is 0 Å². The van der Waals surface area contributed by atoms with Crippen LogP contribution < -0.4 is 0 Å². The Morgan fingerprint density at radius 2 is 1.52 bits per heavy atom. The molecule has 0 amide bonds. The lowest BCUT2D eigenvalue weighted by molar-refractivity contribution is 0.892. The standard InChI is InChI=1S/C22H15ClN2/c23-17-12-10-15(11-13-17)21-20-14-16-6-4-5-9-19(16)22(20)25(24-21)18-7-2-1-3-8-18/h1-13H,14H2. The number of hydrogen-bond acceptors (Lipinski definition) is 1. The summed E-state index contributed by atoms with van der Waals surface area (Å²) >= 11 is 6.06. The zero-order valence-electron chi connectivity index (χ0n) is 13.5. The topological polar surface area (TPSA) is 17.8 Å². The van der Waals surface area contributed by atoms with Gasteiger partial charge in [0.1, 0.15) is 0 Å². The van der Waals surface area contributed by atoms with Crippen molar-refractivity contribution in [2.45, 2.75) is 6.42 Å². The maximum atomic E-state index is 6.06. The van der Waals surface area contributed by atoms with Crippen LogP contribution in [0.15, 0.2) is 78.9 Å². The summed E-state index contributed by atoms with van der Waals surface area (Å²) in [6.07, 6.45) is 0.913. The second kappa shape index (κ2) is 5.61. The molecule has 3 aromatic carbocycles. The van der Waals surface area contributed by atoms with Crippen molar-refractivity contribution in [1.29, 1.82) is 0 Å². The van der Waals surface area contributed by atoms with Crippen LogP contribution in [0.5, 0.6) is 0 Å². The van der Waals surface area contributed by atoms with Gasteiger partial charge in [-0.15, -0.1) is 0 Å². The predicted molar refractivity (Wildman–Crippen MR) is 102 cm³/mol. The zero-order valence-corrected chi connectivity index (χ0v) is 14.2. The van der Waals surface area contributed by atoms with Crippen molar-refractivity contribution in [2.24, 2.45) is 0 Å². The summed E-state index contributed by atoms with van der Waals surface area (Å²) in [5, 5.41) is 5.72. The fourth-order valence-corrected chi connectivity index (χ4v) is 3.71. The van der Waals surface area contributed by atoms with Crippen LogP contribution >= 0.6 is 11.6 Å². The largest absolute Gasteiger partial charge is 0.232 e. The van der Waals surface area contributed by atoms with E-state index in [4.69, 9.17) is 16.7 Å². The highest BCUT2D eigenvalue weighted by Gasteiger charge is 2.28. The van der Waals surface area contributed by atoms with Gasteiger partial charge in [-0.25, -0.2) is 4.68 Å². The summed E-state index contributed by atoms with van der Waals surface area (Å²) in [6, 6.07) is 26.8. The van der Waals surface area contributed by atoms with Crippen LogP contribution in [0.3, 0.4) is 0 Å². The van der Waals surface area contributed by atoms with Gasteiger partial charge in [-0.2, -0.15) is 5.10 Å². The number of nitrogens with zero attached hydrogens (tertiary/aromatic N) is 2. The van der Waals surface area contributed by atoms with Gasteiger partial charge in [0.2, 0.25) is 0 Å². The fraction of sp³-hybridized carbons (Fsp3) is 0.0455. The van der Waals surface area contributed by atoms with Crippen molar-refractivity contribution in [2.75, 3.05) is 0 Å². The minimum Gasteiger partial charge on any atom is -0.232 e. The number of para-hydroxylation sites is 1. The number of halogens is 1. The number of fused-ring (bicyclic) bond motifs is 3. The van der Waals surface area contributed by atoms with Gasteiger partial charge < -0.3 is 0 Å². The number of rotatable bonds is 2. The minimum atomic E-state index is 0.742. The molecule has 2 nitrogen and oxygen atoms in total. The normalized spacial score (nSPS) is 12.0. The van der Waals surface area contributed by atoms with E-state index < -0.39 is 0 Å². The van der Waals surface area contributed by atoms with Gasteiger partial charge in [0, 0.05) is 28.1 Å². The number of hydrogen-bond donors (Lipinski definition) is 0. The van der Waals surface area contributed by atoms with E-state index >= 15 is 0 Å². The zero-order chi connectivity index (χ0) is 16.8. The van der Waals surface area contributed by atoms with E-state index in [-0.39, 0.29) is 0 Å². The highest BCUT2D eigenvalue weighted by Crippen LogP contribution is 2.42. The summed E-state index contributed by atoms with van der Waals surface area (Å²) in [7, 11) is 0. The number of aromatic nitrogens is 2. The summed E-state index contributed by atoms with van der Waals surface area (Å²) in [4.78, 5) is 0. The first kappa shape index (κ1) is 14.5. The Balaban J connectivity index is 1.78. The first-order chi connectivity index (χ1) is 12.3. The van der Waals surface area contributed by atoms with Crippen LogP contribution in [-0.4, -0.2) is 9.78 Å². The summed E-state index contributed by atoms with van der Waals surface area (Å²) in [6.45, 7) is 0. The lowest BCUT2D eigenvalue weighted by Gasteiger charge is -2.07. The molecule has 1 heterocycles. The minimum absolute atomic E-state index is 0.742. The molecule has 1 aliphatic rings. The van der Waals surface area contributed by atoms with Crippen molar-refractivity contribution < 1.29 is 0 Å². The molecular formula is C22H15ClN2. The van der Waals surface area contributed by atoms with Gasteiger partial charge >= 0.3 is 0 Å². The predicted octanol–water partition coefficient (Wildman–Crippen LogP) is 5.76. The Labute approximate surface area is 151 Å². The number of benzene rings is 3. The van der Waals surface area contributed by atoms with E-state index in [2.05, 4.69) is 41.1 Å². The molecule has 1 aromatic heterocycles. The lowest BCUT2D eigenvalue weighted by Crippen LogP contribution is -1.99. The Hall–Kier alpha value is -2.84. The second-order valence-corrected chi connectivity index (χ2v) is 6.70. The highest BCUT2D eigenvalue weighted by atomic mass is 35.5. The molecule has 0 spiro atoms. The Kier molecular flexibility index (Phi) is 3.25. The van der Waals surface area contributed by atoms with Crippen molar-refractivity contribution in [3.8, 4) is 28.2 Å². The first-order valence-electron chi connectivity index (χ1n) is 8.33. The molecule has 0 saturated carbocycles. The Morgan fingerprint density at radius 3 is 2.32 bits per heavy atom. The third-order valence-corrected chi connectivity index (χ3v) is 4.99. The van der Waals surface area contributed by atoms with E-state index in [1.807, 2.05) is 42.5 Å². The van der Waals surface area contributed by atoms with Gasteiger partial charge in [0.05, 0.1) is 17.1 Å². The van der Waals surface area contributed by atoms with E-state index in [1.54, 1.807) is 0 Å². The molecule has 1 aliphatic carbocycles. The molecule has 0 saturated heterocycles. The van der Waals surface area contributed by atoms with Crippen molar-refractivity contribution in [1.82, 2.24) is 9.78 Å². The Bertz CT molecular complexity index is 1060. The summed E-state index contributed by atoms with van der Waals surface area (Å²) in [5.74, 6) is 0. The van der Waals surface area contributed by atoms with E-state index in [9.17, 15) is 0 Å².